The van der Waals surface area contributed by atoms with E-state index in [2.05, 4.69) is 0 Å². The molecule has 2 aromatic rings. The largest absolute Gasteiger partial charge is 0.257 e. The van der Waals surface area contributed by atoms with Gasteiger partial charge in [-0.15, -0.1) is 0 Å². The van der Waals surface area contributed by atoms with Crippen LogP contribution in [0.25, 0.3) is 0 Å². The van der Waals surface area contributed by atoms with E-state index in [0.717, 1.165) is 64.6 Å². The summed E-state index contributed by atoms with van der Waals surface area (Å²) in [4.78, 5) is 1.45. The molecule has 0 bridgehead atoms. The molecule has 1 aliphatic carbocycles. The zero-order chi connectivity index (χ0) is 20.6. The average molecular weight is 423 g/mol. The highest BCUT2D eigenvalue weighted by atomic mass is 32.1. The normalized spacial score (nSPS) is 17.0. The molecule has 3 rings (SSSR count). The van der Waals surface area contributed by atoms with Crippen molar-refractivity contribution in [1.29, 1.82) is 0 Å². The van der Waals surface area contributed by atoms with Crippen LogP contribution in [0.2, 0.25) is 0 Å². The minimum Gasteiger partial charge on any atom is -0.257 e. The summed E-state index contributed by atoms with van der Waals surface area (Å²) < 4.78 is 0. The Kier molecular flexibility index (Phi) is 7.61. The fourth-order valence-corrected chi connectivity index (χ4v) is 3.65. The van der Waals surface area contributed by atoms with Crippen LogP contribution >= 0.6 is 24.4 Å². The molecule has 0 radical (unpaired) electrons. The summed E-state index contributed by atoms with van der Waals surface area (Å²) >= 11 is 11.2. The number of benzene rings is 2. The fourth-order valence-electron chi connectivity index (χ4n) is 3.29. The van der Waals surface area contributed by atoms with Crippen LogP contribution in [0.1, 0.15) is 43.2 Å². The van der Waals surface area contributed by atoms with E-state index in [1.165, 1.54) is 0 Å². The Bertz CT molecular complexity index is 831. The molecule has 0 saturated heterocycles. The Morgan fingerprint density at radius 3 is 1.45 bits per heavy atom. The maximum Gasteiger partial charge on any atom is 0.129 e. The Balaban J connectivity index is 1.72. The lowest BCUT2D eigenvalue weighted by Crippen LogP contribution is -2.24. The van der Waals surface area contributed by atoms with Gasteiger partial charge in [-0.2, -0.15) is 10.2 Å². The molecule has 6 heteroatoms. The maximum absolute atomic E-state index is 5.60. The summed E-state index contributed by atoms with van der Waals surface area (Å²) in [5.41, 5.74) is 4.23. The molecule has 0 unspecified atom stereocenters. The lowest BCUT2D eigenvalue weighted by atomic mass is 10.1. The van der Waals surface area contributed by atoms with Crippen molar-refractivity contribution in [1.82, 2.24) is 10.0 Å². The van der Waals surface area contributed by atoms with Crippen molar-refractivity contribution >= 4 is 45.8 Å². The van der Waals surface area contributed by atoms with Gasteiger partial charge in [0.1, 0.15) is 9.98 Å². The van der Waals surface area contributed by atoms with Crippen LogP contribution in [-0.2, 0) is 0 Å². The first kappa shape index (κ1) is 21.3. The lowest BCUT2D eigenvalue weighted by Gasteiger charge is -2.18. The van der Waals surface area contributed by atoms with E-state index in [1.54, 1.807) is 10.0 Å². The molecule has 150 valence electrons. The highest BCUT2D eigenvalue weighted by molar-refractivity contribution is 7.80. The molecule has 0 spiro atoms. The molecule has 1 saturated carbocycles. The molecule has 1 fully saturated rings. The Labute approximate surface area is 183 Å². The number of hydrogen-bond donors (Lipinski definition) is 0. The van der Waals surface area contributed by atoms with Gasteiger partial charge in [0.25, 0.3) is 0 Å². The van der Waals surface area contributed by atoms with Crippen LogP contribution in [0.15, 0.2) is 70.9 Å². The van der Waals surface area contributed by atoms with E-state index in [9.17, 15) is 0 Å². The minimum absolute atomic E-state index is 0.725. The molecule has 29 heavy (non-hydrogen) atoms. The van der Waals surface area contributed by atoms with Gasteiger partial charge >= 0.3 is 0 Å². The molecular weight excluding hydrogens is 396 g/mol. The topological polar surface area (TPSA) is 31.2 Å². The van der Waals surface area contributed by atoms with E-state index in [0.29, 0.717) is 0 Å². The summed E-state index contributed by atoms with van der Waals surface area (Å²) in [6, 6.07) is 20.0. The fraction of sp³-hybridized carbons (Fsp3) is 0.304. The van der Waals surface area contributed by atoms with E-state index in [-0.39, 0.29) is 0 Å². The first-order chi connectivity index (χ1) is 14.0. The summed E-state index contributed by atoms with van der Waals surface area (Å²) in [6.45, 7) is 0. The van der Waals surface area contributed by atoms with Crippen LogP contribution in [0.4, 0.5) is 0 Å². The molecule has 1 aliphatic rings. The smallest absolute Gasteiger partial charge is 0.129 e. The Morgan fingerprint density at radius 2 is 1.07 bits per heavy atom. The van der Waals surface area contributed by atoms with Crippen molar-refractivity contribution in [3.8, 4) is 0 Å². The summed E-state index contributed by atoms with van der Waals surface area (Å²) in [5.74, 6) is 0. The third-order valence-electron chi connectivity index (χ3n) is 4.80. The number of rotatable bonds is 4. The second-order valence-corrected chi connectivity index (χ2v) is 7.88. The van der Waals surface area contributed by atoms with Gasteiger partial charge in [-0.25, -0.2) is 0 Å². The molecule has 0 aliphatic heterocycles. The van der Waals surface area contributed by atoms with Crippen molar-refractivity contribution in [3.63, 3.8) is 0 Å². The van der Waals surface area contributed by atoms with Crippen molar-refractivity contribution in [2.75, 3.05) is 14.1 Å². The quantitative estimate of drug-likeness (QED) is 0.381. The number of nitrogens with zero attached hydrogens (tertiary/aromatic N) is 4. The van der Waals surface area contributed by atoms with Crippen molar-refractivity contribution < 1.29 is 0 Å². The Hall–Kier alpha value is -2.44. The zero-order valence-electron chi connectivity index (χ0n) is 16.9. The molecule has 2 aromatic carbocycles. The molecule has 4 nitrogen and oxygen atoms in total. The van der Waals surface area contributed by atoms with Gasteiger partial charge in [-0.05, 0) is 25.7 Å². The predicted molar refractivity (Wildman–Crippen MR) is 130 cm³/mol. The van der Waals surface area contributed by atoms with E-state index in [1.807, 2.05) is 74.8 Å². The van der Waals surface area contributed by atoms with E-state index in [4.69, 9.17) is 34.6 Å². The van der Waals surface area contributed by atoms with Crippen molar-refractivity contribution in [2.24, 2.45) is 10.2 Å². The summed E-state index contributed by atoms with van der Waals surface area (Å²) in [6.07, 6.45) is 4.90. The highest BCUT2D eigenvalue weighted by Gasteiger charge is 2.16. The molecule has 0 atom stereocenters. The minimum atomic E-state index is 0.725. The summed E-state index contributed by atoms with van der Waals surface area (Å²) in [7, 11) is 3.83. The van der Waals surface area contributed by atoms with Crippen LogP contribution in [-0.4, -0.2) is 45.5 Å². The van der Waals surface area contributed by atoms with Crippen molar-refractivity contribution in [2.45, 2.75) is 32.1 Å². The number of thiocarbonyl (C=S) groups is 2. The molecule has 0 aromatic heterocycles. The zero-order valence-corrected chi connectivity index (χ0v) is 18.5. The van der Waals surface area contributed by atoms with Gasteiger partial charge < -0.3 is 0 Å². The van der Waals surface area contributed by atoms with Crippen LogP contribution in [0.3, 0.4) is 0 Å². The first-order valence-electron chi connectivity index (χ1n) is 9.83. The SMILES string of the molecule is CN(/N=C1\CCCC/C(=N\N(C)C(=S)c2ccccc2)C1)C(=S)c1ccccc1. The standard InChI is InChI=1S/C23H26N4S2/c1-26(22(28)18-11-5-3-6-12-18)24-20-15-9-10-16-21(17-20)25-27(2)23(29)19-13-7-4-8-14-19/h3-8,11-14H,9-10,15-17H2,1-2H3/b24-20+,25-21+. The third-order valence-corrected chi connectivity index (χ3v) is 5.80. The molecular formula is C23H26N4S2. The van der Waals surface area contributed by atoms with E-state index < -0.39 is 0 Å². The van der Waals surface area contributed by atoms with Gasteiger partial charge in [0.05, 0.1) is 0 Å². The van der Waals surface area contributed by atoms with Crippen molar-refractivity contribution in [3.05, 3.63) is 71.8 Å². The van der Waals surface area contributed by atoms with Gasteiger partial charge in [0.15, 0.2) is 0 Å². The van der Waals surface area contributed by atoms with Crippen LogP contribution in [0, 0.1) is 0 Å². The molecule has 0 amide bonds. The van der Waals surface area contributed by atoms with Gasteiger partial charge in [0.2, 0.25) is 0 Å². The molecule has 0 heterocycles. The van der Waals surface area contributed by atoms with Crippen LogP contribution < -0.4 is 0 Å². The molecule has 0 N–H and O–H groups in total. The lowest BCUT2D eigenvalue weighted by molar-refractivity contribution is 0.548. The van der Waals surface area contributed by atoms with Gasteiger partial charge in [-0.1, -0.05) is 85.1 Å². The second kappa shape index (κ2) is 10.4. The second-order valence-electron chi connectivity index (χ2n) is 7.11. The summed E-state index contributed by atoms with van der Waals surface area (Å²) in [5, 5.41) is 13.2. The van der Waals surface area contributed by atoms with Gasteiger partial charge in [-0.3, -0.25) is 10.0 Å². The van der Waals surface area contributed by atoms with Crippen LogP contribution in [0.5, 0.6) is 0 Å². The highest BCUT2D eigenvalue weighted by Crippen LogP contribution is 2.17. The first-order valence-corrected chi connectivity index (χ1v) is 10.6. The number of hydrogen-bond acceptors (Lipinski definition) is 4. The third kappa shape index (κ3) is 6.02. The maximum atomic E-state index is 5.60. The average Bonchev–Trinajstić information content (AvgIpc) is 2.98. The predicted octanol–water partition coefficient (Wildman–Crippen LogP) is 5.28. The number of hydrazone groups is 2. The monoisotopic (exact) mass is 422 g/mol. The van der Waals surface area contributed by atoms with E-state index >= 15 is 0 Å². The van der Waals surface area contributed by atoms with Gasteiger partial charge in [0, 0.05) is 43.1 Å². The Morgan fingerprint density at radius 1 is 0.690 bits per heavy atom.